The number of unbranched alkanes of at least 4 members (excludes halogenated alkanes) is 2. The first-order chi connectivity index (χ1) is 11.7. The van der Waals surface area contributed by atoms with E-state index in [1.807, 2.05) is 29.8 Å². The predicted octanol–water partition coefficient (Wildman–Crippen LogP) is 3.13. The Hall–Kier alpha value is -1.95. The van der Waals surface area contributed by atoms with E-state index in [0.29, 0.717) is 0 Å². The van der Waals surface area contributed by atoms with E-state index >= 15 is 0 Å². The largest absolute Gasteiger partial charge is 0.399 e. The summed E-state index contributed by atoms with van der Waals surface area (Å²) in [6.45, 7) is 10.6. The third-order valence-corrected chi connectivity index (χ3v) is 4.34. The van der Waals surface area contributed by atoms with Crippen LogP contribution in [0.5, 0.6) is 0 Å². The number of benzene rings is 1. The second-order valence-corrected chi connectivity index (χ2v) is 6.35. The molecule has 2 rings (SSSR count). The van der Waals surface area contributed by atoms with Crippen molar-refractivity contribution in [1.82, 2.24) is 25.1 Å². The van der Waals surface area contributed by atoms with Crippen LogP contribution in [0.25, 0.3) is 11.4 Å². The second-order valence-electron chi connectivity index (χ2n) is 6.35. The fourth-order valence-electron chi connectivity index (χ4n) is 2.71. The van der Waals surface area contributed by atoms with Gasteiger partial charge in [0.15, 0.2) is 5.82 Å². The molecule has 0 amide bonds. The minimum absolute atomic E-state index is 0.795. The van der Waals surface area contributed by atoms with Crippen LogP contribution < -0.4 is 5.73 Å². The smallest absolute Gasteiger partial charge is 0.182 e. The fraction of sp³-hybridized carbons (Fsp3) is 0.611. The average molecular weight is 330 g/mol. The van der Waals surface area contributed by atoms with Crippen LogP contribution in [0.15, 0.2) is 18.2 Å². The lowest BCUT2D eigenvalue weighted by molar-refractivity contribution is 0.251. The quantitative estimate of drug-likeness (QED) is 0.678. The highest BCUT2D eigenvalue weighted by Gasteiger charge is 2.11. The van der Waals surface area contributed by atoms with Gasteiger partial charge in [-0.3, -0.25) is 0 Å². The second kappa shape index (κ2) is 9.37. The molecule has 0 aliphatic carbocycles. The van der Waals surface area contributed by atoms with Gasteiger partial charge < -0.3 is 10.6 Å². The minimum atomic E-state index is 0.795. The number of aryl methyl sites for hydroxylation is 1. The van der Waals surface area contributed by atoms with Crippen molar-refractivity contribution in [2.45, 2.75) is 53.0 Å². The summed E-state index contributed by atoms with van der Waals surface area (Å²) in [7, 11) is 0. The van der Waals surface area contributed by atoms with Crippen molar-refractivity contribution in [2.75, 3.05) is 25.4 Å². The van der Waals surface area contributed by atoms with Crippen molar-refractivity contribution in [2.24, 2.45) is 0 Å². The summed E-state index contributed by atoms with van der Waals surface area (Å²) in [5.74, 6) is 0.809. The first-order valence-corrected chi connectivity index (χ1v) is 9.00. The van der Waals surface area contributed by atoms with Crippen LogP contribution in [0.1, 0.15) is 45.1 Å². The van der Waals surface area contributed by atoms with Gasteiger partial charge in [-0.25, -0.2) is 4.68 Å². The summed E-state index contributed by atoms with van der Waals surface area (Å²) in [6.07, 6.45) is 4.93. The zero-order valence-electron chi connectivity index (χ0n) is 15.2. The van der Waals surface area contributed by atoms with Crippen LogP contribution in [0.4, 0.5) is 5.69 Å². The van der Waals surface area contributed by atoms with Gasteiger partial charge in [0, 0.05) is 17.8 Å². The van der Waals surface area contributed by atoms with Crippen LogP contribution in [0.2, 0.25) is 0 Å². The van der Waals surface area contributed by atoms with Crippen molar-refractivity contribution in [3.63, 3.8) is 0 Å². The Bertz CT molecular complexity index is 614. The molecule has 1 aromatic heterocycles. The maximum atomic E-state index is 5.91. The maximum absolute atomic E-state index is 5.91. The molecule has 0 saturated carbocycles. The van der Waals surface area contributed by atoms with Gasteiger partial charge in [0.05, 0.1) is 6.54 Å². The molecule has 0 spiro atoms. The Morgan fingerprint density at radius 1 is 1.08 bits per heavy atom. The van der Waals surface area contributed by atoms with E-state index in [2.05, 4.69) is 34.3 Å². The summed E-state index contributed by atoms with van der Waals surface area (Å²) >= 11 is 0. The summed E-state index contributed by atoms with van der Waals surface area (Å²) < 4.78 is 1.90. The van der Waals surface area contributed by atoms with Gasteiger partial charge in [0.25, 0.3) is 0 Å². The number of aromatic nitrogens is 4. The summed E-state index contributed by atoms with van der Waals surface area (Å²) in [5, 5.41) is 12.2. The van der Waals surface area contributed by atoms with Crippen molar-refractivity contribution in [1.29, 1.82) is 0 Å². The number of nitrogens with two attached hydrogens (primary N) is 1. The highest BCUT2D eigenvalue weighted by atomic mass is 15.5. The van der Waals surface area contributed by atoms with Crippen LogP contribution >= 0.6 is 0 Å². The SMILES string of the molecule is CCCCN(CCCC)CCn1nnnc1-c1ccc(N)c(C)c1. The Balaban J connectivity index is 2.04. The molecule has 2 N–H and O–H groups in total. The van der Waals surface area contributed by atoms with Crippen molar-refractivity contribution < 1.29 is 0 Å². The molecule has 6 nitrogen and oxygen atoms in total. The number of nitrogens with zero attached hydrogens (tertiary/aromatic N) is 5. The normalized spacial score (nSPS) is 11.3. The predicted molar refractivity (Wildman–Crippen MR) is 98.7 cm³/mol. The Morgan fingerprint density at radius 3 is 2.42 bits per heavy atom. The third kappa shape index (κ3) is 5.03. The molecule has 1 aromatic carbocycles. The van der Waals surface area contributed by atoms with E-state index in [4.69, 9.17) is 5.73 Å². The first kappa shape index (κ1) is 18.4. The lowest BCUT2D eigenvalue weighted by Crippen LogP contribution is -2.30. The lowest BCUT2D eigenvalue weighted by atomic mass is 10.1. The molecule has 0 aliphatic heterocycles. The van der Waals surface area contributed by atoms with Crippen LogP contribution in [0.3, 0.4) is 0 Å². The van der Waals surface area contributed by atoms with Gasteiger partial charge in [-0.15, -0.1) is 5.10 Å². The van der Waals surface area contributed by atoms with E-state index in [1.54, 1.807) is 0 Å². The zero-order valence-corrected chi connectivity index (χ0v) is 15.2. The highest BCUT2D eigenvalue weighted by molar-refractivity contribution is 5.61. The van der Waals surface area contributed by atoms with E-state index in [-0.39, 0.29) is 0 Å². The number of hydrogen-bond donors (Lipinski definition) is 1. The van der Waals surface area contributed by atoms with Gasteiger partial charge >= 0.3 is 0 Å². The zero-order chi connectivity index (χ0) is 17.4. The Labute approximate surface area is 145 Å². The van der Waals surface area contributed by atoms with Gasteiger partial charge in [0.2, 0.25) is 0 Å². The lowest BCUT2D eigenvalue weighted by Gasteiger charge is -2.21. The van der Waals surface area contributed by atoms with E-state index in [0.717, 1.165) is 48.8 Å². The number of rotatable bonds is 10. The minimum Gasteiger partial charge on any atom is -0.399 e. The fourth-order valence-corrected chi connectivity index (χ4v) is 2.71. The van der Waals surface area contributed by atoms with Gasteiger partial charge in [0.1, 0.15) is 0 Å². The number of anilines is 1. The maximum Gasteiger partial charge on any atom is 0.182 e. The summed E-state index contributed by atoms with van der Waals surface area (Å²) in [6, 6.07) is 5.94. The molecule has 132 valence electrons. The molecule has 0 atom stereocenters. The first-order valence-electron chi connectivity index (χ1n) is 9.00. The molecule has 6 heteroatoms. The van der Waals surface area contributed by atoms with E-state index in [1.165, 1.54) is 25.7 Å². The molecule has 0 fully saturated rings. The summed E-state index contributed by atoms with van der Waals surface area (Å²) in [4.78, 5) is 2.52. The molecule has 1 heterocycles. The Morgan fingerprint density at radius 2 is 1.79 bits per heavy atom. The molecule has 0 unspecified atom stereocenters. The van der Waals surface area contributed by atoms with E-state index < -0.39 is 0 Å². The van der Waals surface area contributed by atoms with Gasteiger partial charge in [-0.2, -0.15) is 0 Å². The third-order valence-electron chi connectivity index (χ3n) is 4.34. The summed E-state index contributed by atoms with van der Waals surface area (Å²) in [5.41, 5.74) is 8.77. The molecule has 0 aliphatic rings. The molecule has 2 aromatic rings. The van der Waals surface area contributed by atoms with Gasteiger partial charge in [-0.1, -0.05) is 26.7 Å². The number of hydrogen-bond acceptors (Lipinski definition) is 5. The van der Waals surface area contributed by atoms with Crippen molar-refractivity contribution in [3.05, 3.63) is 23.8 Å². The molecular formula is C18H30N6. The van der Waals surface area contributed by atoms with Crippen LogP contribution in [-0.2, 0) is 6.54 Å². The van der Waals surface area contributed by atoms with Crippen LogP contribution in [-0.4, -0.2) is 44.7 Å². The average Bonchev–Trinajstić information content (AvgIpc) is 3.05. The van der Waals surface area contributed by atoms with Crippen molar-refractivity contribution in [3.8, 4) is 11.4 Å². The molecule has 24 heavy (non-hydrogen) atoms. The standard InChI is InChI=1S/C18H30N6/c1-4-6-10-23(11-7-5-2)12-13-24-18(20-21-22-24)16-8-9-17(19)15(3)14-16/h8-9,14H,4-7,10-13,19H2,1-3H3. The monoisotopic (exact) mass is 330 g/mol. The molecular weight excluding hydrogens is 300 g/mol. The van der Waals surface area contributed by atoms with Crippen LogP contribution in [0, 0.1) is 6.92 Å². The van der Waals surface area contributed by atoms with Crippen molar-refractivity contribution >= 4 is 5.69 Å². The topological polar surface area (TPSA) is 72.9 Å². The number of nitrogen functional groups attached to an aromatic ring is 1. The molecule has 0 saturated heterocycles. The highest BCUT2D eigenvalue weighted by Crippen LogP contribution is 2.21. The molecule has 0 radical (unpaired) electrons. The molecule has 0 bridgehead atoms. The van der Waals surface area contributed by atoms with Gasteiger partial charge in [-0.05, 0) is 67.0 Å². The van der Waals surface area contributed by atoms with E-state index in [9.17, 15) is 0 Å². The Kier molecular flexibility index (Phi) is 7.18. The number of tetrazole rings is 1.